The molecule has 0 aromatic heterocycles. The third-order valence-corrected chi connectivity index (χ3v) is 3.17. The van der Waals surface area contributed by atoms with Gasteiger partial charge in [-0.25, -0.2) is 4.39 Å². The Balaban J connectivity index is 2.99. The molecule has 0 spiro atoms. The van der Waals surface area contributed by atoms with Gasteiger partial charge in [-0.2, -0.15) is 0 Å². The fourth-order valence-electron chi connectivity index (χ4n) is 1.93. The van der Waals surface area contributed by atoms with Gasteiger partial charge in [0.05, 0.1) is 6.61 Å². The van der Waals surface area contributed by atoms with Crippen LogP contribution in [0.3, 0.4) is 0 Å². The number of halogens is 1. The van der Waals surface area contributed by atoms with Gasteiger partial charge in [0.15, 0.2) is 5.67 Å². The molecule has 2 N–H and O–H groups in total. The predicted octanol–water partition coefficient (Wildman–Crippen LogP) is 2.85. The zero-order valence-corrected chi connectivity index (χ0v) is 10.9. The summed E-state index contributed by atoms with van der Waals surface area (Å²) in [7, 11) is 1.53. The van der Waals surface area contributed by atoms with Crippen molar-refractivity contribution in [1.82, 2.24) is 0 Å². The second-order valence-electron chi connectivity index (χ2n) is 4.59. The van der Waals surface area contributed by atoms with Crippen LogP contribution in [0.1, 0.15) is 29.5 Å². The van der Waals surface area contributed by atoms with Crippen molar-refractivity contribution in [2.75, 3.05) is 20.3 Å². The summed E-state index contributed by atoms with van der Waals surface area (Å²) in [6.45, 7) is 4.60. The van der Waals surface area contributed by atoms with Gasteiger partial charge in [-0.1, -0.05) is 18.2 Å². The summed E-state index contributed by atoms with van der Waals surface area (Å²) in [6, 6.07) is 5.71. The Bertz CT molecular complexity index is 367. The molecule has 0 aliphatic heterocycles. The van der Waals surface area contributed by atoms with Crippen molar-refractivity contribution in [2.45, 2.75) is 32.4 Å². The van der Waals surface area contributed by atoms with Gasteiger partial charge in [-0.3, -0.25) is 0 Å². The number of benzene rings is 1. The lowest BCUT2D eigenvalue weighted by Crippen LogP contribution is -2.27. The lowest BCUT2D eigenvalue weighted by Gasteiger charge is -2.25. The summed E-state index contributed by atoms with van der Waals surface area (Å²) in [5, 5.41) is 0. The summed E-state index contributed by atoms with van der Waals surface area (Å²) in [5.41, 5.74) is 7.00. The third kappa shape index (κ3) is 3.51. The molecule has 0 heterocycles. The second-order valence-corrected chi connectivity index (χ2v) is 4.59. The highest BCUT2D eigenvalue weighted by molar-refractivity contribution is 5.33. The Hall–Kier alpha value is -0.930. The molecule has 3 heteroatoms. The van der Waals surface area contributed by atoms with Gasteiger partial charge in [-0.05, 0) is 49.9 Å². The fourth-order valence-corrected chi connectivity index (χ4v) is 1.93. The van der Waals surface area contributed by atoms with E-state index in [1.54, 1.807) is 0 Å². The van der Waals surface area contributed by atoms with Crippen LogP contribution >= 0.6 is 0 Å². The summed E-state index contributed by atoms with van der Waals surface area (Å²) >= 11 is 0. The van der Waals surface area contributed by atoms with Crippen LogP contribution in [-0.2, 0) is 10.4 Å². The van der Waals surface area contributed by atoms with Crippen molar-refractivity contribution in [1.29, 1.82) is 0 Å². The predicted molar refractivity (Wildman–Crippen MR) is 68.9 cm³/mol. The van der Waals surface area contributed by atoms with Crippen molar-refractivity contribution in [3.63, 3.8) is 0 Å². The molecule has 1 aromatic carbocycles. The largest absolute Gasteiger partial charge is 0.381 e. The molecule has 0 amide bonds. The van der Waals surface area contributed by atoms with Crippen molar-refractivity contribution in [3.8, 4) is 0 Å². The molecule has 96 valence electrons. The molecule has 1 rings (SSSR count). The van der Waals surface area contributed by atoms with Crippen molar-refractivity contribution in [2.24, 2.45) is 5.73 Å². The Kier molecular flexibility index (Phi) is 5.09. The number of hydrogen-bond donors (Lipinski definition) is 1. The van der Waals surface area contributed by atoms with E-state index >= 15 is 0 Å². The fraction of sp³-hybridized carbons (Fsp3) is 0.571. The molecule has 17 heavy (non-hydrogen) atoms. The minimum absolute atomic E-state index is 0.0789. The Labute approximate surface area is 103 Å². The molecule has 0 aliphatic rings. The van der Waals surface area contributed by atoms with Gasteiger partial charge in [0.1, 0.15) is 0 Å². The molecule has 2 nitrogen and oxygen atoms in total. The molecule has 0 aliphatic carbocycles. The SMILES string of the molecule is COCC(F)(CCCN)c1ccc(C)c(C)c1. The minimum atomic E-state index is -1.42. The molecule has 0 saturated heterocycles. The highest BCUT2D eigenvalue weighted by atomic mass is 19.1. The van der Waals surface area contributed by atoms with E-state index in [0.29, 0.717) is 24.9 Å². The molecule has 1 aromatic rings. The molecule has 0 bridgehead atoms. The number of ether oxygens (including phenoxy) is 1. The second kappa shape index (κ2) is 6.12. The highest BCUT2D eigenvalue weighted by Crippen LogP contribution is 2.32. The lowest BCUT2D eigenvalue weighted by atomic mass is 9.89. The first-order chi connectivity index (χ1) is 8.03. The molecule has 0 fully saturated rings. The number of aryl methyl sites for hydroxylation is 2. The maximum atomic E-state index is 14.8. The first-order valence-corrected chi connectivity index (χ1v) is 5.99. The molecule has 0 saturated carbocycles. The summed E-state index contributed by atoms with van der Waals surface area (Å²) in [5.74, 6) is 0. The van der Waals surface area contributed by atoms with Crippen LogP contribution in [0.4, 0.5) is 4.39 Å². The van der Waals surface area contributed by atoms with Crippen molar-refractivity contribution >= 4 is 0 Å². The van der Waals surface area contributed by atoms with Crippen molar-refractivity contribution < 1.29 is 9.13 Å². The van der Waals surface area contributed by atoms with Crippen LogP contribution in [0.15, 0.2) is 18.2 Å². The average Bonchev–Trinajstić information content (AvgIpc) is 2.30. The van der Waals surface area contributed by atoms with Crippen LogP contribution in [0.2, 0.25) is 0 Å². The number of rotatable bonds is 6. The number of methoxy groups -OCH3 is 1. The first kappa shape index (κ1) is 14.1. The highest BCUT2D eigenvalue weighted by Gasteiger charge is 2.31. The van der Waals surface area contributed by atoms with E-state index in [1.807, 2.05) is 32.0 Å². The molecular formula is C14H22FNO. The van der Waals surface area contributed by atoms with Crippen LogP contribution < -0.4 is 5.73 Å². The minimum Gasteiger partial charge on any atom is -0.381 e. The van der Waals surface area contributed by atoms with E-state index in [2.05, 4.69) is 0 Å². The van der Waals surface area contributed by atoms with Crippen molar-refractivity contribution in [3.05, 3.63) is 34.9 Å². The van der Waals surface area contributed by atoms with Gasteiger partial charge in [0.2, 0.25) is 0 Å². The smallest absolute Gasteiger partial charge is 0.159 e. The topological polar surface area (TPSA) is 35.2 Å². The molecule has 0 radical (unpaired) electrons. The molecule has 1 unspecified atom stereocenters. The van der Waals surface area contributed by atoms with E-state index in [9.17, 15) is 4.39 Å². The lowest BCUT2D eigenvalue weighted by molar-refractivity contribution is 0.0303. The normalized spacial score (nSPS) is 14.6. The Morgan fingerprint density at radius 3 is 2.53 bits per heavy atom. The van der Waals surface area contributed by atoms with Gasteiger partial charge in [0.25, 0.3) is 0 Å². The zero-order valence-electron chi connectivity index (χ0n) is 10.9. The summed E-state index contributed by atoms with van der Waals surface area (Å²) in [6.07, 6.45) is 1.06. The van der Waals surface area contributed by atoms with E-state index in [4.69, 9.17) is 10.5 Å². The van der Waals surface area contributed by atoms with E-state index in [-0.39, 0.29) is 6.61 Å². The Morgan fingerprint density at radius 1 is 1.29 bits per heavy atom. The van der Waals surface area contributed by atoms with E-state index < -0.39 is 5.67 Å². The molecule has 1 atom stereocenters. The van der Waals surface area contributed by atoms with E-state index in [1.165, 1.54) is 12.7 Å². The van der Waals surface area contributed by atoms with E-state index in [0.717, 1.165) is 5.56 Å². The maximum absolute atomic E-state index is 14.8. The van der Waals surface area contributed by atoms with Crippen LogP contribution in [-0.4, -0.2) is 20.3 Å². The van der Waals surface area contributed by atoms with Gasteiger partial charge in [-0.15, -0.1) is 0 Å². The summed E-state index contributed by atoms with van der Waals surface area (Å²) < 4.78 is 19.9. The number of hydrogen-bond acceptors (Lipinski definition) is 2. The number of nitrogens with two attached hydrogens (primary N) is 1. The Morgan fingerprint density at radius 2 is 2.00 bits per heavy atom. The van der Waals surface area contributed by atoms with Crippen LogP contribution in [0.25, 0.3) is 0 Å². The third-order valence-electron chi connectivity index (χ3n) is 3.17. The monoisotopic (exact) mass is 239 g/mol. The van der Waals surface area contributed by atoms with Gasteiger partial charge < -0.3 is 10.5 Å². The zero-order chi connectivity index (χ0) is 12.9. The van der Waals surface area contributed by atoms with Crippen LogP contribution in [0.5, 0.6) is 0 Å². The average molecular weight is 239 g/mol. The van der Waals surface area contributed by atoms with Crippen LogP contribution in [0, 0.1) is 13.8 Å². The standard InChI is InChI=1S/C14H22FNO/c1-11-5-6-13(9-12(11)2)14(15,10-17-3)7-4-8-16/h5-6,9H,4,7-8,10,16H2,1-3H3. The maximum Gasteiger partial charge on any atom is 0.159 e. The van der Waals surface area contributed by atoms with Gasteiger partial charge >= 0.3 is 0 Å². The first-order valence-electron chi connectivity index (χ1n) is 5.99. The van der Waals surface area contributed by atoms with Gasteiger partial charge in [0, 0.05) is 7.11 Å². The quantitative estimate of drug-likeness (QED) is 0.828. The summed E-state index contributed by atoms with van der Waals surface area (Å²) in [4.78, 5) is 0. The number of alkyl halides is 1. The molecular weight excluding hydrogens is 217 g/mol.